The average molecular weight is 394 g/mol. The van der Waals surface area contributed by atoms with Gasteiger partial charge in [-0.3, -0.25) is 9.69 Å². The molecule has 1 heterocycles. The van der Waals surface area contributed by atoms with Crippen molar-refractivity contribution in [2.75, 3.05) is 18.4 Å². The van der Waals surface area contributed by atoms with Gasteiger partial charge in [0.1, 0.15) is 5.82 Å². The van der Waals surface area contributed by atoms with Crippen LogP contribution in [0.1, 0.15) is 36.8 Å². The number of aryl methyl sites for hydroxylation is 1. The van der Waals surface area contributed by atoms with E-state index in [9.17, 15) is 9.18 Å². The molecule has 0 fully saturated rings. The number of carbonyl (C=O) groups is 1. The van der Waals surface area contributed by atoms with Gasteiger partial charge in [-0.2, -0.15) is 5.10 Å². The number of halogens is 1. The van der Waals surface area contributed by atoms with E-state index in [0.717, 1.165) is 28.3 Å². The minimum Gasteiger partial charge on any atom is -0.322 e. The number of benzene rings is 2. The summed E-state index contributed by atoms with van der Waals surface area (Å²) in [5.74, 6) is -0.359. The van der Waals surface area contributed by atoms with Crippen molar-refractivity contribution < 1.29 is 9.18 Å². The lowest BCUT2D eigenvalue weighted by Gasteiger charge is -2.27. The van der Waals surface area contributed by atoms with Gasteiger partial charge in [-0.15, -0.1) is 0 Å². The van der Waals surface area contributed by atoms with Crippen molar-refractivity contribution in [1.29, 1.82) is 0 Å². The molecule has 6 heteroatoms. The second-order valence-corrected chi connectivity index (χ2v) is 7.13. The molecule has 0 bridgehead atoms. The molecule has 0 radical (unpaired) electrons. The lowest BCUT2D eigenvalue weighted by atomic mass is 10.1. The fourth-order valence-corrected chi connectivity index (χ4v) is 3.48. The van der Waals surface area contributed by atoms with Gasteiger partial charge in [0.15, 0.2) is 0 Å². The highest BCUT2D eigenvalue weighted by Gasteiger charge is 2.20. The largest absolute Gasteiger partial charge is 0.322 e. The molecule has 0 aliphatic rings. The zero-order chi connectivity index (χ0) is 21.0. The first kappa shape index (κ1) is 20.7. The summed E-state index contributed by atoms with van der Waals surface area (Å²) >= 11 is 0. The number of anilines is 1. The molecule has 0 aliphatic carbocycles. The Hall–Kier alpha value is -2.99. The molecule has 5 nitrogen and oxygen atoms in total. The van der Waals surface area contributed by atoms with Crippen LogP contribution in [0.25, 0.3) is 5.69 Å². The zero-order valence-electron chi connectivity index (χ0n) is 17.3. The summed E-state index contributed by atoms with van der Waals surface area (Å²) < 4.78 is 15.0. The van der Waals surface area contributed by atoms with Crippen LogP contribution < -0.4 is 5.32 Å². The monoisotopic (exact) mass is 394 g/mol. The smallest absolute Gasteiger partial charge is 0.238 e. The van der Waals surface area contributed by atoms with Crippen LogP contribution in [0.3, 0.4) is 0 Å². The summed E-state index contributed by atoms with van der Waals surface area (Å²) in [6.45, 7) is 8.81. The van der Waals surface area contributed by atoms with Gasteiger partial charge in [-0.05, 0) is 57.1 Å². The highest BCUT2D eigenvalue weighted by molar-refractivity contribution is 5.93. The molecule has 1 atom stereocenters. The minimum absolute atomic E-state index is 0.000542. The van der Waals surface area contributed by atoms with Gasteiger partial charge in [0.2, 0.25) is 5.91 Å². The number of aromatic nitrogens is 2. The molecule has 3 rings (SSSR count). The molecule has 152 valence electrons. The number of hydrogen-bond donors (Lipinski definition) is 1. The van der Waals surface area contributed by atoms with Crippen molar-refractivity contribution in [1.82, 2.24) is 14.7 Å². The zero-order valence-corrected chi connectivity index (χ0v) is 17.3. The molecular weight excluding hydrogens is 367 g/mol. The Morgan fingerprint density at radius 3 is 2.41 bits per heavy atom. The second kappa shape index (κ2) is 9.01. The van der Waals surface area contributed by atoms with Gasteiger partial charge >= 0.3 is 0 Å². The fourth-order valence-electron chi connectivity index (χ4n) is 3.48. The minimum atomic E-state index is -0.261. The first-order valence-electron chi connectivity index (χ1n) is 9.81. The predicted octanol–water partition coefficient (Wildman–Crippen LogP) is 4.65. The maximum atomic E-state index is 13.2. The predicted molar refractivity (Wildman–Crippen MR) is 114 cm³/mol. The number of carbonyl (C=O) groups excluding carboxylic acids is 1. The van der Waals surface area contributed by atoms with Gasteiger partial charge in [0.25, 0.3) is 0 Å². The highest BCUT2D eigenvalue weighted by Crippen LogP contribution is 2.24. The topological polar surface area (TPSA) is 50.2 Å². The van der Waals surface area contributed by atoms with Crippen LogP contribution in [0, 0.1) is 19.7 Å². The van der Waals surface area contributed by atoms with Gasteiger partial charge in [-0.1, -0.05) is 37.3 Å². The van der Waals surface area contributed by atoms with Crippen LogP contribution in [0.4, 0.5) is 10.1 Å². The molecule has 1 aromatic heterocycles. The van der Waals surface area contributed by atoms with E-state index < -0.39 is 0 Å². The number of nitrogens with one attached hydrogen (secondary N) is 1. The van der Waals surface area contributed by atoms with E-state index >= 15 is 0 Å². The third-order valence-electron chi connectivity index (χ3n) is 5.21. The van der Waals surface area contributed by atoms with Crippen molar-refractivity contribution in [3.05, 3.63) is 77.4 Å². The highest BCUT2D eigenvalue weighted by atomic mass is 19.1. The summed E-state index contributed by atoms with van der Waals surface area (Å²) in [6, 6.07) is 16.3. The first-order valence-corrected chi connectivity index (χ1v) is 9.81. The molecule has 1 unspecified atom stereocenters. The Morgan fingerprint density at radius 2 is 1.79 bits per heavy atom. The lowest BCUT2D eigenvalue weighted by molar-refractivity contribution is -0.117. The third kappa shape index (κ3) is 4.71. The van der Waals surface area contributed by atoms with Crippen molar-refractivity contribution in [2.24, 2.45) is 0 Å². The van der Waals surface area contributed by atoms with Crippen molar-refractivity contribution in [2.45, 2.75) is 33.7 Å². The van der Waals surface area contributed by atoms with E-state index in [2.05, 4.69) is 15.3 Å². The SMILES string of the molecule is CCN(CC(=O)Nc1c(C)nn(-c2ccccc2)c1C)C(C)c1ccc(F)cc1. The van der Waals surface area contributed by atoms with Crippen LogP contribution >= 0.6 is 0 Å². The summed E-state index contributed by atoms with van der Waals surface area (Å²) in [5.41, 5.74) is 4.33. The molecule has 1 amide bonds. The first-order chi connectivity index (χ1) is 13.9. The van der Waals surface area contributed by atoms with E-state index in [1.807, 2.05) is 62.7 Å². The summed E-state index contributed by atoms with van der Waals surface area (Å²) in [4.78, 5) is 14.8. The number of likely N-dealkylation sites (N-methyl/N-ethyl adjacent to an activating group) is 1. The van der Waals surface area contributed by atoms with Crippen LogP contribution in [0.15, 0.2) is 54.6 Å². The average Bonchev–Trinajstić information content (AvgIpc) is 3.01. The van der Waals surface area contributed by atoms with Gasteiger partial charge in [0.05, 0.1) is 29.3 Å². The van der Waals surface area contributed by atoms with Crippen LogP contribution in [-0.2, 0) is 4.79 Å². The maximum Gasteiger partial charge on any atom is 0.238 e. The fraction of sp³-hybridized carbons (Fsp3) is 0.304. The Labute approximate surface area is 171 Å². The summed E-state index contributed by atoms with van der Waals surface area (Å²) in [7, 11) is 0. The Kier molecular flexibility index (Phi) is 6.44. The van der Waals surface area contributed by atoms with Crippen molar-refractivity contribution in [3.8, 4) is 5.69 Å². The molecule has 1 N–H and O–H groups in total. The molecule has 0 spiro atoms. The third-order valence-corrected chi connectivity index (χ3v) is 5.21. The van der Waals surface area contributed by atoms with Gasteiger partial charge < -0.3 is 5.32 Å². The number of hydrogen-bond acceptors (Lipinski definition) is 3. The van der Waals surface area contributed by atoms with Gasteiger partial charge in [0, 0.05) is 6.04 Å². The maximum absolute atomic E-state index is 13.2. The van der Waals surface area contributed by atoms with Gasteiger partial charge in [-0.25, -0.2) is 9.07 Å². The number of para-hydroxylation sites is 1. The molecule has 0 saturated carbocycles. The molecule has 0 saturated heterocycles. The molecule has 0 aliphatic heterocycles. The Morgan fingerprint density at radius 1 is 1.14 bits per heavy atom. The van der Waals surface area contributed by atoms with E-state index in [1.54, 1.807) is 12.1 Å². The lowest BCUT2D eigenvalue weighted by Crippen LogP contribution is -2.35. The van der Waals surface area contributed by atoms with Crippen molar-refractivity contribution >= 4 is 11.6 Å². The summed E-state index contributed by atoms with van der Waals surface area (Å²) in [6.07, 6.45) is 0. The van der Waals surface area contributed by atoms with E-state index in [-0.39, 0.29) is 24.3 Å². The molecule has 29 heavy (non-hydrogen) atoms. The quantitative estimate of drug-likeness (QED) is 0.635. The molecule has 2 aromatic carbocycles. The van der Waals surface area contributed by atoms with Crippen LogP contribution in [-0.4, -0.2) is 33.7 Å². The van der Waals surface area contributed by atoms with E-state index in [0.29, 0.717) is 6.54 Å². The Bertz CT molecular complexity index is 967. The summed E-state index contributed by atoms with van der Waals surface area (Å²) in [5, 5.41) is 7.60. The molecule has 3 aromatic rings. The second-order valence-electron chi connectivity index (χ2n) is 7.13. The number of rotatable bonds is 7. The van der Waals surface area contributed by atoms with Crippen LogP contribution in [0.5, 0.6) is 0 Å². The van der Waals surface area contributed by atoms with E-state index in [4.69, 9.17) is 0 Å². The Balaban J connectivity index is 1.73. The number of amides is 1. The normalized spacial score (nSPS) is 12.2. The molecular formula is C23H27FN4O. The van der Waals surface area contributed by atoms with E-state index in [1.165, 1.54) is 12.1 Å². The van der Waals surface area contributed by atoms with Crippen molar-refractivity contribution in [3.63, 3.8) is 0 Å². The standard InChI is InChI=1S/C23H27FN4O/c1-5-27(17(3)19-11-13-20(24)14-12-19)15-22(29)25-23-16(2)26-28(18(23)4)21-9-7-6-8-10-21/h6-14,17H,5,15H2,1-4H3,(H,25,29). The van der Waals surface area contributed by atoms with Crippen LogP contribution in [0.2, 0.25) is 0 Å². The number of nitrogens with zero attached hydrogens (tertiary/aromatic N) is 3.